The molecule has 2 aromatic carbocycles. The summed E-state index contributed by atoms with van der Waals surface area (Å²) in [4.78, 5) is 20.3. The first kappa shape index (κ1) is 21.3. The number of aromatic amines is 1. The van der Waals surface area contributed by atoms with E-state index in [0.29, 0.717) is 23.5 Å². The number of nitrogens with one attached hydrogen (secondary N) is 1. The Morgan fingerprint density at radius 3 is 2.59 bits per heavy atom. The molecular weight excluding hydrogens is 406 g/mol. The van der Waals surface area contributed by atoms with Crippen LogP contribution in [0, 0.1) is 11.3 Å². The zero-order chi connectivity index (χ0) is 22.7. The van der Waals surface area contributed by atoms with Crippen LogP contribution in [0.25, 0.3) is 21.8 Å². The minimum Gasteiger partial charge on any atom is -0.489 e. The second-order valence-corrected chi connectivity index (χ2v) is 7.69. The van der Waals surface area contributed by atoms with Gasteiger partial charge in [-0.15, -0.1) is 0 Å². The Morgan fingerprint density at radius 2 is 1.91 bits per heavy atom. The normalized spacial score (nSPS) is 11.1. The number of hydrogen-bond donors (Lipinski definition) is 1. The predicted molar refractivity (Wildman–Crippen MR) is 120 cm³/mol. The molecule has 2 heterocycles. The van der Waals surface area contributed by atoms with Crippen LogP contribution in [0.15, 0.2) is 48.7 Å². The Kier molecular flexibility index (Phi) is 6.06. The first-order valence-corrected chi connectivity index (χ1v) is 10.2. The highest BCUT2D eigenvalue weighted by atomic mass is 16.5. The molecule has 0 atom stereocenters. The summed E-state index contributed by atoms with van der Waals surface area (Å²) in [5, 5.41) is 10.7. The van der Waals surface area contributed by atoms with Gasteiger partial charge in [0.05, 0.1) is 36.1 Å². The lowest BCUT2D eigenvalue weighted by Crippen LogP contribution is -2.15. The molecule has 0 saturated carbocycles. The number of aromatic nitrogens is 2. The molecule has 0 unspecified atom stereocenters. The molecule has 0 fully saturated rings. The van der Waals surface area contributed by atoms with Gasteiger partial charge in [0.25, 0.3) is 0 Å². The van der Waals surface area contributed by atoms with Crippen molar-refractivity contribution in [2.75, 3.05) is 7.11 Å². The Hall–Kier alpha value is -3.89. The van der Waals surface area contributed by atoms with Crippen molar-refractivity contribution in [1.82, 2.24) is 9.97 Å². The third kappa shape index (κ3) is 4.27. The summed E-state index contributed by atoms with van der Waals surface area (Å²) in [6.45, 7) is 4.19. The fraction of sp³-hybridized carbons (Fsp3) is 0.240. The van der Waals surface area contributed by atoms with Crippen molar-refractivity contribution >= 4 is 27.8 Å². The number of pyridine rings is 1. The van der Waals surface area contributed by atoms with E-state index in [1.165, 1.54) is 0 Å². The number of esters is 1. The number of benzene rings is 2. The lowest BCUT2D eigenvalue weighted by molar-refractivity contribution is 0.0366. The van der Waals surface area contributed by atoms with Crippen LogP contribution in [0.4, 0.5) is 0 Å². The van der Waals surface area contributed by atoms with Gasteiger partial charge in [0.1, 0.15) is 12.4 Å². The summed E-state index contributed by atoms with van der Waals surface area (Å²) < 4.78 is 16.8. The van der Waals surface area contributed by atoms with Crippen molar-refractivity contribution in [3.05, 3.63) is 71.0 Å². The van der Waals surface area contributed by atoms with Crippen molar-refractivity contribution in [3.8, 4) is 11.8 Å². The number of ether oxygens (including phenoxy) is 3. The van der Waals surface area contributed by atoms with Gasteiger partial charge in [-0.05, 0) is 49.7 Å². The van der Waals surface area contributed by atoms with E-state index < -0.39 is 5.97 Å². The molecule has 32 heavy (non-hydrogen) atoms. The average Bonchev–Trinajstić information content (AvgIpc) is 3.16. The number of carbonyl (C=O) groups is 1. The first-order chi connectivity index (χ1) is 15.5. The molecule has 0 amide bonds. The number of carbonyl (C=O) groups excluding carboxylic acids is 1. The Bertz CT molecular complexity index is 1320. The van der Waals surface area contributed by atoms with Gasteiger partial charge in [0.2, 0.25) is 0 Å². The van der Waals surface area contributed by atoms with Crippen LogP contribution in [-0.2, 0) is 22.7 Å². The maximum Gasteiger partial charge on any atom is 0.357 e. The maximum atomic E-state index is 12.6. The van der Waals surface area contributed by atoms with E-state index in [0.717, 1.165) is 27.4 Å². The molecule has 0 spiro atoms. The molecule has 7 heteroatoms. The largest absolute Gasteiger partial charge is 0.489 e. The fourth-order valence-electron chi connectivity index (χ4n) is 3.60. The molecule has 4 aromatic rings. The number of hydrogen-bond acceptors (Lipinski definition) is 6. The Balaban J connectivity index is 1.72. The molecule has 162 valence electrons. The maximum absolute atomic E-state index is 12.6. The van der Waals surface area contributed by atoms with Crippen LogP contribution in [0.5, 0.6) is 5.75 Å². The summed E-state index contributed by atoms with van der Waals surface area (Å²) in [6, 6.07) is 15.2. The first-order valence-electron chi connectivity index (χ1n) is 10.2. The second-order valence-electron chi connectivity index (χ2n) is 7.69. The van der Waals surface area contributed by atoms with Crippen molar-refractivity contribution in [2.24, 2.45) is 0 Å². The van der Waals surface area contributed by atoms with Crippen LogP contribution < -0.4 is 4.74 Å². The standard InChI is InChI=1S/C25H23N3O4/c1-15(2)32-25(29)24-20(14-30-3)23-19-10-18(8-9-21(19)28-22(23)12-27-24)31-13-17-6-4-16(11-26)5-7-17/h4-10,12,15,28H,13-14H2,1-3H3. The molecule has 0 radical (unpaired) electrons. The van der Waals surface area contributed by atoms with E-state index in [2.05, 4.69) is 16.0 Å². The molecule has 0 aliphatic carbocycles. The van der Waals surface area contributed by atoms with Crippen molar-refractivity contribution in [1.29, 1.82) is 5.26 Å². The number of rotatable bonds is 7. The highest BCUT2D eigenvalue weighted by molar-refractivity contribution is 6.11. The molecular formula is C25H23N3O4. The van der Waals surface area contributed by atoms with Gasteiger partial charge < -0.3 is 19.2 Å². The van der Waals surface area contributed by atoms with Crippen LogP contribution in [0.1, 0.15) is 41.0 Å². The average molecular weight is 429 g/mol. The van der Waals surface area contributed by atoms with Gasteiger partial charge >= 0.3 is 5.97 Å². The SMILES string of the molecule is COCc1c(C(=O)OC(C)C)ncc2[nH]c3ccc(OCc4ccc(C#N)cc4)cc3c12. The third-order valence-corrected chi connectivity index (χ3v) is 5.02. The van der Waals surface area contributed by atoms with E-state index in [-0.39, 0.29) is 18.4 Å². The number of H-pyrrole nitrogens is 1. The topological polar surface area (TPSA) is 97.2 Å². The summed E-state index contributed by atoms with van der Waals surface area (Å²) in [6.07, 6.45) is 1.39. The summed E-state index contributed by atoms with van der Waals surface area (Å²) in [5.41, 5.74) is 4.20. The van der Waals surface area contributed by atoms with Gasteiger partial charge in [-0.25, -0.2) is 9.78 Å². The molecule has 2 aromatic heterocycles. The minimum atomic E-state index is -0.475. The smallest absolute Gasteiger partial charge is 0.357 e. The van der Waals surface area contributed by atoms with Crippen molar-refractivity contribution in [2.45, 2.75) is 33.2 Å². The van der Waals surface area contributed by atoms with E-state index in [4.69, 9.17) is 19.5 Å². The number of nitriles is 1. The van der Waals surface area contributed by atoms with Crippen molar-refractivity contribution < 1.29 is 19.0 Å². The lowest BCUT2D eigenvalue weighted by atomic mass is 10.1. The molecule has 0 aliphatic rings. The Labute approximate surface area is 185 Å². The highest BCUT2D eigenvalue weighted by Gasteiger charge is 2.21. The molecule has 1 N–H and O–H groups in total. The predicted octanol–water partition coefficient (Wildman–Crippen LogP) is 4.88. The van der Waals surface area contributed by atoms with Gasteiger partial charge in [-0.2, -0.15) is 5.26 Å². The highest BCUT2D eigenvalue weighted by Crippen LogP contribution is 2.33. The molecule has 0 bridgehead atoms. The van der Waals surface area contributed by atoms with E-state index >= 15 is 0 Å². The summed E-state index contributed by atoms with van der Waals surface area (Å²) >= 11 is 0. The second kappa shape index (κ2) is 9.08. The third-order valence-electron chi connectivity index (χ3n) is 5.02. The zero-order valence-corrected chi connectivity index (χ0v) is 18.1. The van der Waals surface area contributed by atoms with Gasteiger partial charge in [-0.3, -0.25) is 0 Å². The van der Waals surface area contributed by atoms with Gasteiger partial charge in [-0.1, -0.05) is 12.1 Å². The van der Waals surface area contributed by atoms with Crippen LogP contribution >= 0.6 is 0 Å². The van der Waals surface area contributed by atoms with E-state index in [1.807, 2.05) is 30.3 Å². The van der Waals surface area contributed by atoms with Crippen LogP contribution in [-0.4, -0.2) is 29.2 Å². The fourth-order valence-corrected chi connectivity index (χ4v) is 3.60. The summed E-state index contributed by atoms with van der Waals surface area (Å²) in [5.74, 6) is 0.214. The van der Waals surface area contributed by atoms with Crippen LogP contribution in [0.3, 0.4) is 0 Å². The Morgan fingerprint density at radius 1 is 1.12 bits per heavy atom. The van der Waals surface area contributed by atoms with Crippen molar-refractivity contribution in [3.63, 3.8) is 0 Å². The minimum absolute atomic E-state index is 0.218. The molecule has 0 saturated heterocycles. The van der Waals surface area contributed by atoms with E-state index in [9.17, 15) is 4.79 Å². The quantitative estimate of drug-likeness (QED) is 0.421. The number of methoxy groups -OCH3 is 1. The molecule has 4 rings (SSSR count). The monoisotopic (exact) mass is 429 g/mol. The van der Waals surface area contributed by atoms with Gasteiger partial charge in [0, 0.05) is 29.0 Å². The molecule has 7 nitrogen and oxygen atoms in total. The van der Waals surface area contributed by atoms with Crippen LogP contribution in [0.2, 0.25) is 0 Å². The zero-order valence-electron chi connectivity index (χ0n) is 18.1. The molecule has 0 aliphatic heterocycles. The van der Waals surface area contributed by atoms with Gasteiger partial charge in [0.15, 0.2) is 5.69 Å². The van der Waals surface area contributed by atoms with E-state index in [1.54, 1.807) is 39.3 Å². The summed E-state index contributed by atoms with van der Waals surface area (Å²) in [7, 11) is 1.58. The lowest BCUT2D eigenvalue weighted by Gasteiger charge is -2.12. The number of fused-ring (bicyclic) bond motifs is 3. The number of nitrogens with zero attached hydrogens (tertiary/aromatic N) is 2.